The van der Waals surface area contributed by atoms with E-state index < -0.39 is 6.10 Å². The van der Waals surface area contributed by atoms with Gasteiger partial charge >= 0.3 is 0 Å². The summed E-state index contributed by atoms with van der Waals surface area (Å²) in [5.41, 5.74) is 5.93. The molecule has 2 heterocycles. The molecule has 0 aliphatic carbocycles. The number of hydrogen-bond acceptors (Lipinski definition) is 8. The summed E-state index contributed by atoms with van der Waals surface area (Å²) >= 11 is 1.38. The molecule has 2 atom stereocenters. The van der Waals surface area contributed by atoms with E-state index in [2.05, 4.69) is 10.2 Å². The normalized spacial score (nSPS) is 16.8. The van der Waals surface area contributed by atoms with Crippen LogP contribution in [0, 0.1) is 0 Å². The fourth-order valence-corrected chi connectivity index (χ4v) is 4.25. The molecule has 174 valence electrons. The molecule has 3 N–H and O–H groups in total. The van der Waals surface area contributed by atoms with E-state index in [0.29, 0.717) is 47.4 Å². The number of nitrogens with two attached hydrogens (primary N) is 1. The second-order valence-corrected chi connectivity index (χ2v) is 8.67. The SMILES string of the molecule is CCC(=O)c1ccc(OCC(O)CSc2nnc(CCC(N)=O)n2CC2CCCO2)cc1. The summed E-state index contributed by atoms with van der Waals surface area (Å²) < 4.78 is 13.3. The van der Waals surface area contributed by atoms with E-state index in [-0.39, 0.29) is 30.8 Å². The zero-order valence-corrected chi connectivity index (χ0v) is 19.1. The number of primary amides is 1. The van der Waals surface area contributed by atoms with Gasteiger partial charge in [-0.15, -0.1) is 10.2 Å². The summed E-state index contributed by atoms with van der Waals surface area (Å²) in [6.07, 6.45) is 2.43. The summed E-state index contributed by atoms with van der Waals surface area (Å²) in [7, 11) is 0. The van der Waals surface area contributed by atoms with Crippen LogP contribution >= 0.6 is 11.8 Å². The molecule has 1 amide bonds. The fourth-order valence-electron chi connectivity index (χ4n) is 3.37. The van der Waals surface area contributed by atoms with Gasteiger partial charge in [0.05, 0.1) is 18.8 Å². The van der Waals surface area contributed by atoms with Gasteiger partial charge in [-0.2, -0.15) is 0 Å². The first-order valence-electron chi connectivity index (χ1n) is 10.8. The van der Waals surface area contributed by atoms with Crippen LogP contribution in [0.4, 0.5) is 0 Å². The number of Topliss-reactive ketones (excluding diaryl/α,β-unsaturated/α-hetero) is 1. The van der Waals surface area contributed by atoms with E-state index in [0.717, 1.165) is 19.4 Å². The predicted octanol–water partition coefficient (Wildman–Crippen LogP) is 2.00. The summed E-state index contributed by atoms with van der Waals surface area (Å²) in [6.45, 7) is 3.29. The monoisotopic (exact) mass is 462 g/mol. The van der Waals surface area contributed by atoms with Gasteiger partial charge in [-0.3, -0.25) is 9.59 Å². The lowest BCUT2D eigenvalue weighted by Crippen LogP contribution is -2.22. The van der Waals surface area contributed by atoms with Crippen molar-refractivity contribution >= 4 is 23.5 Å². The number of amides is 1. The number of thioether (sulfide) groups is 1. The van der Waals surface area contributed by atoms with Crippen LogP contribution in [0.15, 0.2) is 29.4 Å². The van der Waals surface area contributed by atoms with Gasteiger partial charge < -0.3 is 24.9 Å². The maximum Gasteiger partial charge on any atom is 0.217 e. The molecule has 0 radical (unpaired) electrons. The van der Waals surface area contributed by atoms with Crippen LogP contribution in [0.1, 0.15) is 48.8 Å². The van der Waals surface area contributed by atoms with Crippen molar-refractivity contribution < 1.29 is 24.2 Å². The highest BCUT2D eigenvalue weighted by molar-refractivity contribution is 7.99. The minimum absolute atomic E-state index is 0.0790. The van der Waals surface area contributed by atoms with Crippen LogP contribution in [-0.4, -0.2) is 62.7 Å². The van der Waals surface area contributed by atoms with Gasteiger partial charge in [0.25, 0.3) is 0 Å². The topological polar surface area (TPSA) is 130 Å². The molecule has 2 unspecified atom stereocenters. The quantitative estimate of drug-likeness (QED) is 0.341. The van der Waals surface area contributed by atoms with Crippen molar-refractivity contribution in [1.29, 1.82) is 0 Å². The second kappa shape index (κ2) is 12.0. The van der Waals surface area contributed by atoms with Crippen molar-refractivity contribution in [1.82, 2.24) is 14.8 Å². The molecule has 1 aliphatic heterocycles. The smallest absolute Gasteiger partial charge is 0.217 e. The van der Waals surface area contributed by atoms with Crippen LogP contribution < -0.4 is 10.5 Å². The number of aryl methyl sites for hydroxylation is 1. The first-order valence-corrected chi connectivity index (χ1v) is 11.8. The number of hydrogen-bond donors (Lipinski definition) is 2. The Kier molecular flexibility index (Phi) is 9.07. The van der Waals surface area contributed by atoms with E-state index in [4.69, 9.17) is 15.2 Å². The molecule has 3 rings (SSSR count). The third-order valence-corrected chi connectivity index (χ3v) is 6.25. The number of nitrogens with zero attached hydrogens (tertiary/aromatic N) is 3. The molecule has 10 heteroatoms. The summed E-state index contributed by atoms with van der Waals surface area (Å²) in [5, 5.41) is 19.5. The summed E-state index contributed by atoms with van der Waals surface area (Å²) in [4.78, 5) is 22.9. The number of benzene rings is 1. The lowest BCUT2D eigenvalue weighted by atomic mass is 10.1. The molecule has 1 saturated heterocycles. The van der Waals surface area contributed by atoms with Crippen molar-refractivity contribution in [2.75, 3.05) is 19.0 Å². The van der Waals surface area contributed by atoms with E-state index in [9.17, 15) is 14.7 Å². The van der Waals surface area contributed by atoms with Gasteiger partial charge in [0.2, 0.25) is 5.91 Å². The van der Waals surface area contributed by atoms with Crippen LogP contribution in [0.5, 0.6) is 5.75 Å². The van der Waals surface area contributed by atoms with E-state index >= 15 is 0 Å². The Balaban J connectivity index is 1.54. The van der Waals surface area contributed by atoms with Gasteiger partial charge in [0, 0.05) is 37.2 Å². The van der Waals surface area contributed by atoms with Crippen molar-refractivity contribution in [3.8, 4) is 5.75 Å². The Labute approximate surface area is 191 Å². The van der Waals surface area contributed by atoms with Crippen LogP contribution in [0.25, 0.3) is 0 Å². The Morgan fingerprint density at radius 2 is 2.12 bits per heavy atom. The molecule has 1 aliphatic rings. The van der Waals surface area contributed by atoms with Crippen molar-refractivity contribution in [3.63, 3.8) is 0 Å². The predicted molar refractivity (Wildman–Crippen MR) is 120 cm³/mol. The first kappa shape index (κ1) is 24.2. The highest BCUT2D eigenvalue weighted by Crippen LogP contribution is 2.23. The zero-order valence-electron chi connectivity index (χ0n) is 18.2. The lowest BCUT2D eigenvalue weighted by Gasteiger charge is -2.16. The largest absolute Gasteiger partial charge is 0.491 e. The number of ether oxygens (including phenoxy) is 2. The fraction of sp³-hybridized carbons (Fsp3) is 0.545. The van der Waals surface area contributed by atoms with Crippen molar-refractivity contribution in [3.05, 3.63) is 35.7 Å². The van der Waals surface area contributed by atoms with Crippen molar-refractivity contribution in [2.24, 2.45) is 5.73 Å². The van der Waals surface area contributed by atoms with Crippen LogP contribution in [0.2, 0.25) is 0 Å². The Morgan fingerprint density at radius 3 is 2.78 bits per heavy atom. The lowest BCUT2D eigenvalue weighted by molar-refractivity contribution is -0.118. The third-order valence-electron chi connectivity index (χ3n) is 5.14. The highest BCUT2D eigenvalue weighted by atomic mass is 32.2. The summed E-state index contributed by atoms with van der Waals surface area (Å²) in [6, 6.07) is 6.91. The average Bonchev–Trinajstić information content (AvgIpc) is 3.45. The van der Waals surface area contributed by atoms with E-state index in [1.807, 2.05) is 11.5 Å². The minimum Gasteiger partial charge on any atom is -0.491 e. The molecule has 9 nitrogen and oxygen atoms in total. The maximum absolute atomic E-state index is 11.7. The van der Waals surface area contributed by atoms with Crippen molar-refractivity contribution in [2.45, 2.75) is 62.9 Å². The second-order valence-electron chi connectivity index (χ2n) is 7.69. The first-order chi connectivity index (χ1) is 15.5. The average molecular weight is 463 g/mol. The Hall–Kier alpha value is -2.43. The molecule has 0 bridgehead atoms. The molecular weight excluding hydrogens is 432 g/mol. The number of carbonyl (C=O) groups is 2. The zero-order chi connectivity index (χ0) is 22.9. The molecule has 0 spiro atoms. The van der Waals surface area contributed by atoms with Crippen LogP contribution in [0.3, 0.4) is 0 Å². The molecule has 32 heavy (non-hydrogen) atoms. The van der Waals surface area contributed by atoms with Crippen LogP contribution in [-0.2, 0) is 22.5 Å². The molecule has 2 aromatic rings. The third kappa shape index (κ3) is 7.04. The molecule has 1 aromatic heterocycles. The number of aliphatic hydroxyl groups is 1. The molecule has 1 aromatic carbocycles. The Morgan fingerprint density at radius 1 is 1.34 bits per heavy atom. The number of carbonyl (C=O) groups excluding carboxylic acids is 2. The number of ketones is 1. The number of aliphatic hydroxyl groups excluding tert-OH is 1. The number of rotatable bonds is 13. The Bertz CT molecular complexity index is 896. The standard InChI is InChI=1S/C22H30N4O5S/c1-2-19(28)15-5-7-17(8-6-15)31-13-16(27)14-32-22-25-24-21(10-9-20(23)29)26(22)12-18-4-3-11-30-18/h5-8,16,18,27H,2-4,9-14H2,1H3,(H2,23,29). The van der Waals surface area contributed by atoms with E-state index in [1.165, 1.54) is 11.8 Å². The van der Waals surface area contributed by atoms with Gasteiger partial charge in [0.15, 0.2) is 10.9 Å². The molecular formula is C22H30N4O5S. The highest BCUT2D eigenvalue weighted by Gasteiger charge is 2.22. The molecule has 0 saturated carbocycles. The van der Waals surface area contributed by atoms with Gasteiger partial charge in [-0.25, -0.2) is 0 Å². The minimum atomic E-state index is -0.723. The van der Waals surface area contributed by atoms with Gasteiger partial charge in [-0.1, -0.05) is 18.7 Å². The maximum atomic E-state index is 11.7. The van der Waals surface area contributed by atoms with E-state index in [1.54, 1.807) is 24.3 Å². The molecule has 1 fully saturated rings. The van der Waals surface area contributed by atoms with Gasteiger partial charge in [-0.05, 0) is 37.1 Å². The summed E-state index contributed by atoms with van der Waals surface area (Å²) in [5.74, 6) is 1.35. The van der Waals surface area contributed by atoms with Gasteiger partial charge in [0.1, 0.15) is 18.2 Å². The number of aromatic nitrogens is 3.